The number of benzene rings is 2. The molecule has 1 atom stereocenters. The summed E-state index contributed by atoms with van der Waals surface area (Å²) in [5, 5.41) is 9.08. The minimum atomic E-state index is -0.735. The van der Waals surface area contributed by atoms with Crippen molar-refractivity contribution < 1.29 is 9.90 Å². The van der Waals surface area contributed by atoms with Gasteiger partial charge in [-0.2, -0.15) is 0 Å². The fraction of sp³-hybridized carbons (Fsp3) is 0.350. The van der Waals surface area contributed by atoms with Crippen molar-refractivity contribution in [1.82, 2.24) is 4.90 Å². The largest absolute Gasteiger partial charge is 0.480 e. The molecule has 2 aromatic carbocycles. The summed E-state index contributed by atoms with van der Waals surface area (Å²) in [6.45, 7) is 1.88. The third-order valence-corrected chi connectivity index (χ3v) is 4.69. The molecule has 1 heterocycles. The molecule has 0 aliphatic carbocycles. The van der Waals surface area contributed by atoms with Crippen molar-refractivity contribution in [3.63, 3.8) is 0 Å². The monoisotopic (exact) mass is 309 g/mol. The maximum Gasteiger partial charge on any atom is 0.317 e. The van der Waals surface area contributed by atoms with Gasteiger partial charge in [0.25, 0.3) is 0 Å². The fourth-order valence-corrected chi connectivity index (χ4v) is 3.76. The highest BCUT2D eigenvalue weighted by atomic mass is 16.4. The Morgan fingerprint density at radius 2 is 1.61 bits per heavy atom. The Kier molecular flexibility index (Phi) is 5.09. The first-order chi connectivity index (χ1) is 11.2. The lowest BCUT2D eigenvalue weighted by atomic mass is 9.77. The number of hydrogen-bond donors (Lipinski definition) is 1. The van der Waals surface area contributed by atoms with Gasteiger partial charge in [-0.3, -0.25) is 9.69 Å². The van der Waals surface area contributed by atoms with E-state index in [-0.39, 0.29) is 6.54 Å². The summed E-state index contributed by atoms with van der Waals surface area (Å²) in [6, 6.07) is 21.2. The molecule has 0 bridgehead atoms. The lowest BCUT2D eigenvalue weighted by molar-refractivity contribution is -0.138. The van der Waals surface area contributed by atoms with Crippen LogP contribution in [0.15, 0.2) is 60.7 Å². The summed E-state index contributed by atoms with van der Waals surface area (Å²) < 4.78 is 0. The minimum Gasteiger partial charge on any atom is -0.480 e. The van der Waals surface area contributed by atoms with Crippen molar-refractivity contribution in [2.45, 2.75) is 18.8 Å². The number of hydrogen-bond acceptors (Lipinski definition) is 2. The summed E-state index contributed by atoms with van der Waals surface area (Å²) in [5.74, 6) is 0.0449. The Hall–Kier alpha value is -2.13. The summed E-state index contributed by atoms with van der Waals surface area (Å²) in [5.41, 5.74) is 2.64. The Morgan fingerprint density at radius 3 is 2.13 bits per heavy atom. The van der Waals surface area contributed by atoms with E-state index in [2.05, 4.69) is 53.4 Å². The quantitative estimate of drug-likeness (QED) is 0.917. The second-order valence-electron chi connectivity index (χ2n) is 6.33. The number of carboxylic acid groups (broad SMARTS) is 1. The van der Waals surface area contributed by atoms with E-state index in [4.69, 9.17) is 5.11 Å². The molecule has 0 spiro atoms. The molecule has 2 aromatic rings. The third kappa shape index (κ3) is 3.99. The molecule has 1 unspecified atom stereocenters. The number of carboxylic acids is 1. The van der Waals surface area contributed by atoms with Crippen LogP contribution in [0.3, 0.4) is 0 Å². The van der Waals surface area contributed by atoms with Crippen molar-refractivity contribution in [3.8, 4) is 0 Å². The van der Waals surface area contributed by atoms with Gasteiger partial charge < -0.3 is 5.11 Å². The van der Waals surface area contributed by atoms with Gasteiger partial charge in [-0.05, 0) is 36.4 Å². The average molecular weight is 309 g/mol. The van der Waals surface area contributed by atoms with Crippen LogP contribution < -0.4 is 0 Å². The van der Waals surface area contributed by atoms with Crippen LogP contribution >= 0.6 is 0 Å². The average Bonchev–Trinajstić information content (AvgIpc) is 2.57. The van der Waals surface area contributed by atoms with Gasteiger partial charge in [0, 0.05) is 12.5 Å². The molecule has 3 heteroatoms. The fourth-order valence-electron chi connectivity index (χ4n) is 3.76. The molecule has 1 fully saturated rings. The van der Waals surface area contributed by atoms with Gasteiger partial charge in [0.15, 0.2) is 0 Å². The number of likely N-dealkylation sites (tertiary alicyclic amines) is 1. The molecule has 0 radical (unpaired) electrons. The van der Waals surface area contributed by atoms with E-state index >= 15 is 0 Å². The van der Waals surface area contributed by atoms with Crippen LogP contribution in [0, 0.1) is 5.92 Å². The topological polar surface area (TPSA) is 40.5 Å². The maximum absolute atomic E-state index is 11.0. The zero-order valence-electron chi connectivity index (χ0n) is 13.3. The molecule has 0 saturated carbocycles. The lowest BCUT2D eigenvalue weighted by Crippen LogP contribution is -2.40. The Balaban J connectivity index is 1.88. The zero-order chi connectivity index (χ0) is 16.1. The van der Waals surface area contributed by atoms with E-state index in [1.54, 1.807) is 0 Å². The van der Waals surface area contributed by atoms with Gasteiger partial charge >= 0.3 is 5.97 Å². The van der Waals surface area contributed by atoms with Crippen LogP contribution in [0.4, 0.5) is 0 Å². The predicted octanol–water partition coefficient (Wildman–Crippen LogP) is 3.62. The first-order valence-electron chi connectivity index (χ1n) is 8.28. The molecule has 1 N–H and O–H groups in total. The highest BCUT2D eigenvalue weighted by molar-refractivity contribution is 5.69. The SMILES string of the molecule is O=C(O)CN1CCCC(C(c2ccccc2)c2ccccc2)C1. The van der Waals surface area contributed by atoms with Crippen molar-refractivity contribution in [2.75, 3.05) is 19.6 Å². The number of piperidine rings is 1. The van der Waals surface area contributed by atoms with Crippen molar-refractivity contribution in [1.29, 1.82) is 0 Å². The van der Waals surface area contributed by atoms with Crippen molar-refractivity contribution >= 4 is 5.97 Å². The smallest absolute Gasteiger partial charge is 0.317 e. The van der Waals surface area contributed by atoms with E-state index in [1.807, 2.05) is 12.1 Å². The molecular weight excluding hydrogens is 286 g/mol. The number of nitrogens with zero attached hydrogens (tertiary/aromatic N) is 1. The van der Waals surface area contributed by atoms with E-state index in [9.17, 15) is 4.79 Å². The van der Waals surface area contributed by atoms with Crippen LogP contribution in [0.25, 0.3) is 0 Å². The molecule has 1 aliphatic rings. The first kappa shape index (κ1) is 15.8. The second-order valence-corrected chi connectivity index (χ2v) is 6.33. The molecule has 3 rings (SSSR count). The van der Waals surface area contributed by atoms with Crippen LogP contribution in [0.2, 0.25) is 0 Å². The van der Waals surface area contributed by atoms with Crippen LogP contribution in [0.5, 0.6) is 0 Å². The minimum absolute atomic E-state index is 0.146. The van der Waals surface area contributed by atoms with Crippen molar-refractivity contribution in [3.05, 3.63) is 71.8 Å². The number of rotatable bonds is 5. The highest BCUT2D eigenvalue weighted by Crippen LogP contribution is 2.36. The van der Waals surface area contributed by atoms with E-state index in [1.165, 1.54) is 11.1 Å². The first-order valence-corrected chi connectivity index (χ1v) is 8.28. The van der Waals surface area contributed by atoms with E-state index in [0.717, 1.165) is 25.9 Å². The third-order valence-electron chi connectivity index (χ3n) is 4.69. The Morgan fingerprint density at radius 1 is 1.04 bits per heavy atom. The predicted molar refractivity (Wildman–Crippen MR) is 91.5 cm³/mol. The molecular formula is C20H23NO2. The molecule has 0 aromatic heterocycles. The number of aliphatic carboxylic acids is 1. The summed E-state index contributed by atoms with van der Waals surface area (Å²) >= 11 is 0. The van der Waals surface area contributed by atoms with E-state index < -0.39 is 5.97 Å². The van der Waals surface area contributed by atoms with Gasteiger partial charge in [0.2, 0.25) is 0 Å². The van der Waals surface area contributed by atoms with Crippen molar-refractivity contribution in [2.24, 2.45) is 5.92 Å². The maximum atomic E-state index is 11.0. The Bertz CT molecular complexity index is 587. The van der Waals surface area contributed by atoms with Crippen LogP contribution in [-0.4, -0.2) is 35.6 Å². The standard InChI is InChI=1S/C20H23NO2/c22-19(23)15-21-13-7-12-18(14-21)20(16-8-3-1-4-9-16)17-10-5-2-6-11-17/h1-6,8-11,18,20H,7,12-15H2,(H,22,23). The van der Waals surface area contributed by atoms with Gasteiger partial charge in [0.05, 0.1) is 6.54 Å². The van der Waals surface area contributed by atoms with Gasteiger partial charge in [-0.1, -0.05) is 60.7 Å². The Labute approximate surface area is 137 Å². The normalized spacial score (nSPS) is 18.9. The molecule has 120 valence electrons. The summed E-state index contributed by atoms with van der Waals surface area (Å²) in [4.78, 5) is 13.1. The highest BCUT2D eigenvalue weighted by Gasteiger charge is 2.30. The van der Waals surface area contributed by atoms with Gasteiger partial charge in [-0.25, -0.2) is 0 Å². The van der Waals surface area contributed by atoms with Crippen LogP contribution in [-0.2, 0) is 4.79 Å². The van der Waals surface area contributed by atoms with Gasteiger partial charge in [0.1, 0.15) is 0 Å². The molecule has 0 amide bonds. The molecule has 1 aliphatic heterocycles. The molecule has 3 nitrogen and oxygen atoms in total. The summed E-state index contributed by atoms with van der Waals surface area (Å²) in [6.07, 6.45) is 2.21. The lowest BCUT2D eigenvalue weighted by Gasteiger charge is -2.37. The number of carbonyl (C=O) groups is 1. The summed E-state index contributed by atoms with van der Waals surface area (Å²) in [7, 11) is 0. The molecule has 23 heavy (non-hydrogen) atoms. The van der Waals surface area contributed by atoms with E-state index in [0.29, 0.717) is 11.8 Å². The zero-order valence-corrected chi connectivity index (χ0v) is 13.3. The second kappa shape index (κ2) is 7.42. The van der Waals surface area contributed by atoms with Crippen LogP contribution in [0.1, 0.15) is 29.9 Å². The van der Waals surface area contributed by atoms with Gasteiger partial charge in [-0.15, -0.1) is 0 Å². The molecule has 1 saturated heterocycles.